The minimum atomic E-state index is -3.11. The highest BCUT2D eigenvalue weighted by Gasteiger charge is 2.33. The van der Waals surface area contributed by atoms with E-state index in [1.54, 1.807) is 11.0 Å². The number of carbonyl (C=O) groups is 1. The van der Waals surface area contributed by atoms with E-state index >= 15 is 0 Å². The van der Waals surface area contributed by atoms with E-state index in [0.717, 1.165) is 6.42 Å². The van der Waals surface area contributed by atoms with Crippen LogP contribution in [-0.2, 0) is 9.84 Å². The summed E-state index contributed by atoms with van der Waals surface area (Å²) in [7, 11) is -3.11. The van der Waals surface area contributed by atoms with Crippen LogP contribution in [0.2, 0.25) is 0 Å². The van der Waals surface area contributed by atoms with Crippen molar-refractivity contribution >= 4 is 27.1 Å². The van der Waals surface area contributed by atoms with Crippen LogP contribution in [0, 0.1) is 5.92 Å². The van der Waals surface area contributed by atoms with Gasteiger partial charge >= 0.3 is 0 Å². The first-order valence-electron chi connectivity index (χ1n) is 6.93. The molecule has 2 heterocycles. The minimum absolute atomic E-state index is 0.0457. The molecular weight excluding hydrogens is 294 g/mol. The van der Waals surface area contributed by atoms with Gasteiger partial charge in [-0.15, -0.1) is 0 Å². The standard InChI is InChI=1S/C14H21NO3S2/c1-11(2)10-20(17,18)13-4-3-6-15(8-13)14(16)12-5-7-19-9-12/h5,7,9,11,13H,3-4,6,8,10H2,1-2H3/t13-/m0/s1. The third-order valence-electron chi connectivity index (χ3n) is 3.51. The van der Waals surface area contributed by atoms with Crippen LogP contribution in [0.3, 0.4) is 0 Å². The summed E-state index contributed by atoms with van der Waals surface area (Å²) in [6.45, 7) is 4.81. The Kier molecular flexibility index (Phi) is 4.86. The number of piperidine rings is 1. The Morgan fingerprint density at radius 1 is 1.50 bits per heavy atom. The number of rotatable bonds is 4. The van der Waals surface area contributed by atoms with Crippen LogP contribution in [-0.4, -0.2) is 43.3 Å². The zero-order valence-corrected chi connectivity index (χ0v) is 13.5. The number of carbonyl (C=O) groups excluding carboxylic acids is 1. The van der Waals surface area contributed by atoms with Gasteiger partial charge in [0.25, 0.3) is 5.91 Å². The fourth-order valence-corrected chi connectivity index (χ4v) is 5.35. The van der Waals surface area contributed by atoms with Crippen LogP contribution in [0.4, 0.5) is 0 Å². The summed E-state index contributed by atoms with van der Waals surface area (Å²) in [6, 6.07) is 1.79. The Hall–Kier alpha value is -0.880. The van der Waals surface area contributed by atoms with Gasteiger partial charge in [0, 0.05) is 18.5 Å². The number of thiophene rings is 1. The van der Waals surface area contributed by atoms with Gasteiger partial charge in [-0.05, 0) is 30.2 Å². The van der Waals surface area contributed by atoms with Gasteiger partial charge in [0.2, 0.25) is 0 Å². The Bertz CT molecular complexity index is 549. The van der Waals surface area contributed by atoms with Crippen molar-refractivity contribution < 1.29 is 13.2 Å². The molecule has 0 aliphatic carbocycles. The molecule has 0 aromatic carbocycles. The van der Waals surface area contributed by atoms with Crippen molar-refractivity contribution in [2.75, 3.05) is 18.8 Å². The van der Waals surface area contributed by atoms with Crippen LogP contribution >= 0.6 is 11.3 Å². The number of likely N-dealkylation sites (tertiary alicyclic amines) is 1. The molecule has 1 amide bonds. The smallest absolute Gasteiger partial charge is 0.254 e. The van der Waals surface area contributed by atoms with E-state index in [9.17, 15) is 13.2 Å². The summed E-state index contributed by atoms with van der Waals surface area (Å²) in [5.41, 5.74) is 0.664. The van der Waals surface area contributed by atoms with Crippen molar-refractivity contribution in [2.24, 2.45) is 5.92 Å². The summed E-state index contributed by atoms with van der Waals surface area (Å²) in [6.07, 6.45) is 1.43. The number of hydrogen-bond donors (Lipinski definition) is 0. The largest absolute Gasteiger partial charge is 0.337 e. The fourth-order valence-electron chi connectivity index (χ4n) is 2.59. The molecule has 20 heavy (non-hydrogen) atoms. The van der Waals surface area contributed by atoms with Crippen molar-refractivity contribution in [2.45, 2.75) is 31.9 Å². The second-order valence-electron chi connectivity index (χ2n) is 5.75. The molecule has 0 saturated carbocycles. The molecule has 112 valence electrons. The first kappa shape index (κ1) is 15.5. The number of amides is 1. The van der Waals surface area contributed by atoms with Crippen molar-refractivity contribution in [1.82, 2.24) is 4.90 Å². The van der Waals surface area contributed by atoms with Gasteiger partial charge in [-0.3, -0.25) is 4.79 Å². The minimum Gasteiger partial charge on any atom is -0.337 e. The molecule has 1 aliphatic rings. The molecule has 0 radical (unpaired) electrons. The first-order valence-corrected chi connectivity index (χ1v) is 9.59. The zero-order chi connectivity index (χ0) is 14.8. The second kappa shape index (κ2) is 6.26. The van der Waals surface area contributed by atoms with E-state index in [1.165, 1.54) is 11.3 Å². The molecule has 1 aliphatic heterocycles. The molecule has 0 spiro atoms. The van der Waals surface area contributed by atoms with Gasteiger partial charge in [0.1, 0.15) is 0 Å². The van der Waals surface area contributed by atoms with Crippen LogP contribution in [0.5, 0.6) is 0 Å². The van der Waals surface area contributed by atoms with Crippen molar-refractivity contribution in [1.29, 1.82) is 0 Å². The lowest BCUT2D eigenvalue weighted by Crippen LogP contribution is -2.46. The molecule has 1 saturated heterocycles. The van der Waals surface area contributed by atoms with Crippen LogP contribution in [0.15, 0.2) is 16.8 Å². The molecule has 0 N–H and O–H groups in total. The molecule has 1 atom stereocenters. The lowest BCUT2D eigenvalue weighted by Gasteiger charge is -2.32. The third-order valence-corrected chi connectivity index (χ3v) is 6.72. The molecule has 1 aromatic heterocycles. The van der Waals surface area contributed by atoms with Gasteiger partial charge in [0.15, 0.2) is 9.84 Å². The second-order valence-corrected chi connectivity index (χ2v) is 8.86. The lowest BCUT2D eigenvalue weighted by molar-refractivity contribution is 0.0727. The highest BCUT2D eigenvalue weighted by Crippen LogP contribution is 2.21. The average molecular weight is 315 g/mol. The predicted molar refractivity (Wildman–Crippen MR) is 81.9 cm³/mol. The van der Waals surface area contributed by atoms with Gasteiger partial charge < -0.3 is 4.90 Å². The lowest BCUT2D eigenvalue weighted by atomic mass is 10.1. The first-order chi connectivity index (χ1) is 9.40. The molecule has 6 heteroatoms. The molecule has 2 rings (SSSR count). The highest BCUT2D eigenvalue weighted by molar-refractivity contribution is 7.92. The molecular formula is C14H21NO3S2. The third kappa shape index (κ3) is 3.61. The van der Waals surface area contributed by atoms with Crippen molar-refractivity contribution in [3.05, 3.63) is 22.4 Å². The Morgan fingerprint density at radius 2 is 2.25 bits per heavy atom. The summed E-state index contributed by atoms with van der Waals surface area (Å²) in [5, 5.41) is 3.28. The van der Waals surface area contributed by atoms with Crippen molar-refractivity contribution in [3.63, 3.8) is 0 Å². The van der Waals surface area contributed by atoms with E-state index < -0.39 is 15.1 Å². The average Bonchev–Trinajstić information content (AvgIpc) is 2.90. The molecule has 0 unspecified atom stereocenters. The quantitative estimate of drug-likeness (QED) is 0.857. The Balaban J connectivity index is 2.07. The fraction of sp³-hybridized carbons (Fsp3) is 0.643. The molecule has 1 fully saturated rings. The van der Waals surface area contributed by atoms with Gasteiger partial charge in [0.05, 0.1) is 16.6 Å². The van der Waals surface area contributed by atoms with E-state index in [-0.39, 0.29) is 17.6 Å². The summed E-state index contributed by atoms with van der Waals surface area (Å²) < 4.78 is 24.6. The maximum absolute atomic E-state index is 12.3. The SMILES string of the molecule is CC(C)CS(=O)(=O)[C@H]1CCCN(C(=O)c2ccsc2)C1. The maximum atomic E-state index is 12.3. The van der Waals surface area contributed by atoms with Crippen LogP contribution in [0.25, 0.3) is 0 Å². The van der Waals surface area contributed by atoms with E-state index in [4.69, 9.17) is 0 Å². The van der Waals surface area contributed by atoms with Gasteiger partial charge in [-0.25, -0.2) is 8.42 Å². The zero-order valence-electron chi connectivity index (χ0n) is 11.9. The maximum Gasteiger partial charge on any atom is 0.254 e. The van der Waals surface area contributed by atoms with E-state index in [1.807, 2.05) is 24.6 Å². The van der Waals surface area contributed by atoms with Crippen LogP contribution < -0.4 is 0 Å². The predicted octanol–water partition coefficient (Wildman–Crippen LogP) is 2.42. The molecule has 4 nitrogen and oxygen atoms in total. The van der Waals surface area contributed by atoms with E-state index in [0.29, 0.717) is 25.1 Å². The number of hydrogen-bond acceptors (Lipinski definition) is 4. The van der Waals surface area contributed by atoms with Crippen LogP contribution in [0.1, 0.15) is 37.0 Å². The Labute approximate surface area is 124 Å². The molecule has 1 aromatic rings. The summed E-state index contributed by atoms with van der Waals surface area (Å²) in [5.74, 6) is 0.289. The van der Waals surface area contributed by atoms with Gasteiger partial charge in [-0.1, -0.05) is 13.8 Å². The number of nitrogens with zero attached hydrogens (tertiary/aromatic N) is 1. The normalized spacial score (nSPS) is 20.4. The van der Waals surface area contributed by atoms with Crippen molar-refractivity contribution in [3.8, 4) is 0 Å². The Morgan fingerprint density at radius 3 is 2.85 bits per heavy atom. The van der Waals surface area contributed by atoms with Gasteiger partial charge in [-0.2, -0.15) is 11.3 Å². The number of sulfone groups is 1. The summed E-state index contributed by atoms with van der Waals surface area (Å²) in [4.78, 5) is 14.0. The van der Waals surface area contributed by atoms with E-state index in [2.05, 4.69) is 0 Å². The topological polar surface area (TPSA) is 54.5 Å². The monoisotopic (exact) mass is 315 g/mol. The highest BCUT2D eigenvalue weighted by atomic mass is 32.2. The molecule has 0 bridgehead atoms. The summed E-state index contributed by atoms with van der Waals surface area (Å²) >= 11 is 1.48.